The SMILES string of the molecule is O=C1OCc2c(cc3n(c2=O)Cc2cc4cc(OS(=O)(=O)C(F)(F)F)ccc4nc2-3)C1O. The summed E-state index contributed by atoms with van der Waals surface area (Å²) < 4.78 is 70.6. The van der Waals surface area contributed by atoms with Gasteiger partial charge >= 0.3 is 21.6 Å². The summed E-state index contributed by atoms with van der Waals surface area (Å²) >= 11 is 0. The third kappa shape index (κ3) is 2.96. The molecule has 0 spiro atoms. The summed E-state index contributed by atoms with van der Waals surface area (Å²) in [6.45, 7) is -0.194. The molecule has 0 fully saturated rings. The molecule has 2 aromatic heterocycles. The zero-order chi connectivity index (χ0) is 23.0. The smallest absolute Gasteiger partial charge is 0.458 e. The average Bonchev–Trinajstić information content (AvgIpc) is 3.06. The summed E-state index contributed by atoms with van der Waals surface area (Å²) in [5.74, 6) is -1.41. The fourth-order valence-electron chi connectivity index (χ4n) is 3.74. The van der Waals surface area contributed by atoms with Crippen molar-refractivity contribution in [1.29, 1.82) is 0 Å². The molecule has 0 amide bonds. The normalized spacial score (nSPS) is 17.5. The Morgan fingerprint density at radius 1 is 1.19 bits per heavy atom. The predicted molar refractivity (Wildman–Crippen MR) is 101 cm³/mol. The van der Waals surface area contributed by atoms with Crippen molar-refractivity contribution in [3.63, 3.8) is 0 Å². The molecule has 3 aromatic rings. The summed E-state index contributed by atoms with van der Waals surface area (Å²) in [5.41, 5.74) is -4.17. The second-order valence-corrected chi connectivity index (χ2v) is 8.74. The van der Waals surface area contributed by atoms with E-state index in [4.69, 9.17) is 4.74 Å². The number of aliphatic hydroxyl groups excluding tert-OH is 1. The molecule has 166 valence electrons. The van der Waals surface area contributed by atoms with E-state index in [1.807, 2.05) is 0 Å². The number of aromatic nitrogens is 2. The minimum atomic E-state index is -5.83. The number of nitrogens with zero attached hydrogens (tertiary/aromatic N) is 2. The third-order valence-electron chi connectivity index (χ3n) is 5.24. The number of hydrogen-bond donors (Lipinski definition) is 1. The first-order valence-corrected chi connectivity index (χ1v) is 10.4. The van der Waals surface area contributed by atoms with Crippen LogP contribution in [0.25, 0.3) is 22.3 Å². The molecule has 0 bridgehead atoms. The van der Waals surface area contributed by atoms with Crippen molar-refractivity contribution < 1.29 is 40.4 Å². The molecule has 1 N–H and O–H groups in total. The Bertz CT molecular complexity index is 1500. The molecular formula is C19H11F3N2O7S. The van der Waals surface area contributed by atoms with Gasteiger partial charge in [0.2, 0.25) is 0 Å². The van der Waals surface area contributed by atoms with Crippen molar-refractivity contribution >= 4 is 27.0 Å². The van der Waals surface area contributed by atoms with Crippen LogP contribution in [-0.4, -0.2) is 34.6 Å². The van der Waals surface area contributed by atoms with Gasteiger partial charge in [0.05, 0.1) is 29.0 Å². The van der Waals surface area contributed by atoms with E-state index in [0.29, 0.717) is 27.9 Å². The second-order valence-electron chi connectivity index (χ2n) is 7.20. The van der Waals surface area contributed by atoms with Crippen LogP contribution in [0.15, 0.2) is 35.1 Å². The van der Waals surface area contributed by atoms with E-state index in [9.17, 15) is 36.3 Å². The first-order chi connectivity index (χ1) is 15.0. The number of carbonyl (C=O) groups excluding carboxylic acids is 1. The van der Waals surface area contributed by atoms with Gasteiger partial charge < -0.3 is 18.6 Å². The molecule has 9 nitrogen and oxygen atoms in total. The highest BCUT2D eigenvalue weighted by Crippen LogP contribution is 2.36. The Morgan fingerprint density at radius 2 is 1.94 bits per heavy atom. The van der Waals surface area contributed by atoms with E-state index in [1.165, 1.54) is 16.7 Å². The second kappa shape index (κ2) is 6.53. The lowest BCUT2D eigenvalue weighted by atomic mass is 10.0. The number of pyridine rings is 2. The lowest BCUT2D eigenvalue weighted by Gasteiger charge is -2.21. The van der Waals surface area contributed by atoms with Crippen molar-refractivity contribution in [1.82, 2.24) is 9.55 Å². The van der Waals surface area contributed by atoms with Gasteiger partial charge in [-0.15, -0.1) is 0 Å². The maximum atomic E-state index is 12.9. The average molecular weight is 468 g/mol. The number of carbonyl (C=O) groups is 1. The van der Waals surface area contributed by atoms with Crippen molar-refractivity contribution in [2.24, 2.45) is 0 Å². The number of halogens is 3. The van der Waals surface area contributed by atoms with E-state index in [-0.39, 0.29) is 24.3 Å². The van der Waals surface area contributed by atoms with Crippen molar-refractivity contribution in [2.45, 2.75) is 24.8 Å². The monoisotopic (exact) mass is 468 g/mol. The zero-order valence-corrected chi connectivity index (χ0v) is 16.5. The number of rotatable bonds is 2. The summed E-state index contributed by atoms with van der Waals surface area (Å²) in [7, 11) is -5.83. The van der Waals surface area contributed by atoms with Crippen molar-refractivity contribution in [3.05, 3.63) is 57.4 Å². The van der Waals surface area contributed by atoms with Gasteiger partial charge in [0, 0.05) is 16.5 Å². The van der Waals surface area contributed by atoms with E-state index < -0.39 is 39.0 Å². The fourth-order valence-corrected chi connectivity index (χ4v) is 4.19. The minimum absolute atomic E-state index is 0.0791. The molecule has 1 aromatic carbocycles. The largest absolute Gasteiger partial charge is 0.534 e. The Balaban J connectivity index is 1.60. The number of fused-ring (bicyclic) bond motifs is 5. The Hall–Kier alpha value is -3.45. The Kier molecular flexibility index (Phi) is 4.17. The molecule has 2 aliphatic heterocycles. The van der Waals surface area contributed by atoms with Crippen molar-refractivity contribution in [3.8, 4) is 17.1 Å². The van der Waals surface area contributed by atoms with E-state index in [2.05, 4.69) is 9.17 Å². The molecule has 0 saturated heterocycles. The molecule has 5 rings (SSSR count). The van der Waals surface area contributed by atoms with Crippen LogP contribution >= 0.6 is 0 Å². The lowest BCUT2D eigenvalue weighted by molar-refractivity contribution is -0.157. The van der Waals surface area contributed by atoms with Crippen LogP contribution in [0.4, 0.5) is 13.2 Å². The maximum Gasteiger partial charge on any atom is 0.534 e. The van der Waals surface area contributed by atoms with Crippen LogP contribution in [-0.2, 0) is 32.8 Å². The molecule has 0 aliphatic carbocycles. The van der Waals surface area contributed by atoms with Crippen LogP contribution in [0.3, 0.4) is 0 Å². The first-order valence-electron chi connectivity index (χ1n) is 9.02. The number of aliphatic hydroxyl groups is 1. The van der Waals surface area contributed by atoms with Crippen LogP contribution in [0.5, 0.6) is 5.75 Å². The summed E-state index contributed by atoms with van der Waals surface area (Å²) in [5, 5.41) is 10.4. The zero-order valence-electron chi connectivity index (χ0n) is 15.7. The van der Waals surface area contributed by atoms with Gasteiger partial charge in [-0.25, -0.2) is 9.78 Å². The van der Waals surface area contributed by atoms with E-state index in [0.717, 1.165) is 12.1 Å². The van der Waals surface area contributed by atoms with Gasteiger partial charge in [-0.2, -0.15) is 21.6 Å². The number of ether oxygens (including phenoxy) is 1. The molecule has 4 heterocycles. The molecule has 2 aliphatic rings. The van der Waals surface area contributed by atoms with Gasteiger partial charge in [-0.3, -0.25) is 4.79 Å². The fraction of sp³-hybridized carbons (Fsp3) is 0.211. The number of hydrogen-bond acceptors (Lipinski definition) is 8. The molecule has 32 heavy (non-hydrogen) atoms. The summed E-state index contributed by atoms with van der Waals surface area (Å²) in [6.07, 6.45) is -1.60. The predicted octanol–water partition coefficient (Wildman–Crippen LogP) is 1.74. The topological polar surface area (TPSA) is 125 Å². The maximum absolute atomic E-state index is 12.9. The summed E-state index contributed by atoms with van der Waals surface area (Å²) in [4.78, 5) is 29.0. The third-order valence-corrected chi connectivity index (χ3v) is 6.22. The van der Waals surface area contributed by atoms with Gasteiger partial charge in [-0.1, -0.05) is 0 Å². The molecule has 1 unspecified atom stereocenters. The highest BCUT2D eigenvalue weighted by molar-refractivity contribution is 7.88. The standard InChI is InChI=1S/C19H11F3N2O7S/c20-19(21,22)32(28,29)31-10-1-2-13-8(4-10)3-9-6-24-14(15(9)23-13)5-11-12(17(24)26)7-30-18(27)16(11)25/h1-5,16,25H,6-7H2. The Labute approximate surface area is 176 Å². The van der Waals surface area contributed by atoms with Gasteiger partial charge in [0.15, 0.2) is 6.10 Å². The molecule has 1 atom stereocenters. The van der Waals surface area contributed by atoms with Crippen molar-refractivity contribution in [2.75, 3.05) is 0 Å². The van der Waals surface area contributed by atoms with Crippen LogP contribution < -0.4 is 9.74 Å². The quantitative estimate of drug-likeness (QED) is 0.268. The van der Waals surface area contributed by atoms with E-state index >= 15 is 0 Å². The number of cyclic esters (lactones) is 1. The van der Waals surface area contributed by atoms with Gasteiger partial charge in [0.1, 0.15) is 12.4 Å². The van der Waals surface area contributed by atoms with Crippen LogP contribution in [0.1, 0.15) is 22.8 Å². The van der Waals surface area contributed by atoms with E-state index in [1.54, 1.807) is 6.07 Å². The van der Waals surface area contributed by atoms with Crippen LogP contribution in [0, 0.1) is 0 Å². The molecule has 0 saturated carbocycles. The summed E-state index contributed by atoms with van der Waals surface area (Å²) in [6, 6.07) is 6.44. The van der Waals surface area contributed by atoms with Crippen LogP contribution in [0.2, 0.25) is 0 Å². The van der Waals surface area contributed by atoms with Gasteiger partial charge in [0.25, 0.3) is 5.56 Å². The van der Waals surface area contributed by atoms with Gasteiger partial charge in [-0.05, 0) is 30.3 Å². The minimum Gasteiger partial charge on any atom is -0.458 e. The number of alkyl halides is 3. The lowest BCUT2D eigenvalue weighted by Crippen LogP contribution is -2.32. The highest BCUT2D eigenvalue weighted by atomic mass is 32.2. The number of esters is 1. The highest BCUT2D eigenvalue weighted by Gasteiger charge is 2.48. The first kappa shape index (κ1) is 20.5. The molecule has 13 heteroatoms. The molecular weight excluding hydrogens is 457 g/mol. The molecule has 0 radical (unpaired) electrons. The Morgan fingerprint density at radius 3 is 2.66 bits per heavy atom. The number of benzene rings is 1.